The number of nitrogens with zero attached hydrogens (tertiary/aromatic N) is 2. The van der Waals surface area contributed by atoms with E-state index in [4.69, 9.17) is 14.8 Å². The van der Waals surface area contributed by atoms with E-state index in [9.17, 15) is 19.2 Å². The maximum Gasteiger partial charge on any atom is 2.00 e. The largest absolute Gasteiger partial charge is 2.00 e. The summed E-state index contributed by atoms with van der Waals surface area (Å²) in [4.78, 5) is 61.2. The first kappa shape index (κ1) is 49.3. The molecule has 0 saturated heterocycles. The predicted octanol–water partition coefficient (Wildman–Crippen LogP) is 11.2. The van der Waals surface area contributed by atoms with E-state index in [0.717, 1.165) is 25.7 Å². The number of aromatic amines is 1. The number of carbonyl (C=O) groups is 4. The van der Waals surface area contributed by atoms with Crippen LogP contribution in [0, 0.1) is 64.1 Å². The van der Waals surface area contributed by atoms with Gasteiger partial charge in [0.2, 0.25) is 5.91 Å². The second kappa shape index (κ2) is 17.9. The molecule has 0 bridgehead atoms. The van der Waals surface area contributed by atoms with Gasteiger partial charge in [0.1, 0.15) is 29.5 Å². The molecule has 2 N–H and O–H groups in total. The summed E-state index contributed by atoms with van der Waals surface area (Å²) >= 11 is 0. The summed E-state index contributed by atoms with van der Waals surface area (Å²) in [6.07, 6.45) is 4.83. The number of carbonyl (C=O) groups excluding carboxylic acids is 4. The Morgan fingerprint density at radius 2 is 1.10 bits per heavy atom. The third kappa shape index (κ3) is 11.2. The number of aliphatic imine (C=N–C) groups is 1. The Hall–Kier alpha value is -3.07. The number of hydrogen-bond acceptors (Lipinski definition) is 6. The van der Waals surface area contributed by atoms with E-state index in [1.165, 1.54) is 13.8 Å². The van der Waals surface area contributed by atoms with Gasteiger partial charge in [0.25, 0.3) is 0 Å². The minimum atomic E-state index is -0.558. The molecular weight excluding hydrogens is 782 g/mol. The fourth-order valence-corrected chi connectivity index (χ4v) is 9.69. The fraction of sp³-hybridized carbons (Fsp3) is 0.723. The molecule has 318 valence electrons. The second-order valence-electron chi connectivity index (χ2n) is 22.0. The molecule has 2 heterocycles. The Kier molecular flexibility index (Phi) is 15.2. The van der Waals surface area contributed by atoms with Crippen LogP contribution in [-0.4, -0.2) is 46.8 Å². The van der Waals surface area contributed by atoms with Crippen molar-refractivity contribution in [2.45, 2.75) is 163 Å². The summed E-state index contributed by atoms with van der Waals surface area (Å²) in [7, 11) is 0. The molecule has 58 heavy (non-hydrogen) atoms. The van der Waals surface area contributed by atoms with Crippen LogP contribution in [0.5, 0.6) is 0 Å². The number of ether oxygens (including phenoxy) is 2. The number of allylic oxidation sites excluding steroid dienone is 1. The molecule has 10 nitrogen and oxygen atoms in total. The molecule has 3 aliphatic rings. The van der Waals surface area contributed by atoms with Crippen molar-refractivity contribution in [3.8, 4) is 0 Å². The van der Waals surface area contributed by atoms with Crippen LogP contribution in [0.4, 0.5) is 5.82 Å². The van der Waals surface area contributed by atoms with E-state index in [-0.39, 0.29) is 106 Å². The van der Waals surface area contributed by atoms with Crippen molar-refractivity contribution in [1.29, 1.82) is 0 Å². The van der Waals surface area contributed by atoms with Gasteiger partial charge in [-0.05, 0) is 109 Å². The van der Waals surface area contributed by atoms with E-state index in [2.05, 4.69) is 112 Å². The number of esters is 2. The molecule has 0 radical (unpaired) electrons. The molecule has 11 heteroatoms. The van der Waals surface area contributed by atoms with Gasteiger partial charge < -0.3 is 30.1 Å². The van der Waals surface area contributed by atoms with Gasteiger partial charge in [0.05, 0.1) is 5.57 Å². The van der Waals surface area contributed by atoms with Crippen molar-refractivity contribution in [1.82, 2.24) is 4.98 Å². The summed E-state index contributed by atoms with van der Waals surface area (Å²) < 4.78 is 13.1. The van der Waals surface area contributed by atoms with Crippen LogP contribution < -0.4 is 5.32 Å². The van der Waals surface area contributed by atoms with Crippen LogP contribution in [0.15, 0.2) is 21.8 Å². The zero-order valence-corrected chi connectivity index (χ0v) is 42.0. The van der Waals surface area contributed by atoms with E-state index < -0.39 is 17.8 Å². The normalized spacial score (nSPS) is 28.5. The molecule has 0 spiro atoms. The molecule has 4 rings (SSSR count). The smallest absolute Gasteiger partial charge is 0.458 e. The topological polar surface area (TPSA) is 141 Å². The molecule has 1 aromatic rings. The number of hydrogen-bond donors (Lipinski definition) is 2. The van der Waals surface area contributed by atoms with Gasteiger partial charge in [-0.15, -0.1) is 0 Å². The Morgan fingerprint density at radius 1 is 0.707 bits per heavy atom. The average Bonchev–Trinajstić information content (AvgIpc) is 3.49. The molecular formula is C47H73N4O6Zn+. The van der Waals surface area contributed by atoms with E-state index in [1.54, 1.807) is 19.9 Å². The molecule has 1 aromatic heterocycles. The predicted molar refractivity (Wildman–Crippen MR) is 230 cm³/mol. The number of aromatic nitrogens is 1. The molecule has 4 atom stereocenters. The molecule has 1 aliphatic heterocycles. The Bertz CT molecular complexity index is 1780. The summed E-state index contributed by atoms with van der Waals surface area (Å²) in [5, 5.41) is 7.51. The van der Waals surface area contributed by atoms with Gasteiger partial charge in [-0.25, -0.2) is 9.59 Å². The second-order valence-corrected chi connectivity index (χ2v) is 22.0. The number of amidine groups is 1. The van der Waals surface area contributed by atoms with Crippen molar-refractivity contribution in [3.05, 3.63) is 39.0 Å². The van der Waals surface area contributed by atoms with Crippen LogP contribution in [0.2, 0.25) is 0 Å². The van der Waals surface area contributed by atoms with Crippen molar-refractivity contribution in [2.24, 2.45) is 62.2 Å². The minimum Gasteiger partial charge on any atom is -0.458 e. The van der Waals surface area contributed by atoms with Crippen molar-refractivity contribution >= 4 is 41.5 Å². The first-order chi connectivity index (χ1) is 25.9. The van der Waals surface area contributed by atoms with Gasteiger partial charge >= 0.3 is 31.4 Å². The van der Waals surface area contributed by atoms with Crippen LogP contribution in [0.1, 0.15) is 165 Å². The fourth-order valence-electron chi connectivity index (χ4n) is 9.69. The van der Waals surface area contributed by atoms with Crippen molar-refractivity contribution in [2.75, 3.05) is 5.32 Å². The van der Waals surface area contributed by atoms with E-state index in [1.807, 2.05) is 0 Å². The third-order valence-corrected chi connectivity index (χ3v) is 12.9. The number of H-pyrrole nitrogens is 1. The van der Waals surface area contributed by atoms with Crippen molar-refractivity contribution < 1.29 is 48.1 Å². The Morgan fingerprint density at radius 3 is 1.47 bits per heavy atom. The van der Waals surface area contributed by atoms with E-state index in [0.29, 0.717) is 34.4 Å². The standard InChI is InChI=1S/C47H74N4O6.Zn/c1-24-19-30(44(7,8)9)38(31(20-24)45(10,11)12)56-42(54)36-26(3)34(50-40(36)48-28(5)52)23-35-27(4)37(41(51-35)49-29(6)53)43(55)57-39-32(46(13,14)15)21-25(2)22-33(39)47(16,17)18;/h23-25,30-33,38-39H,19-22H2,1-18H3,(H3,48,49,50,51,52,53,54,55);/q;+2/p-1. The van der Waals surface area contributed by atoms with Crippen LogP contribution in [-0.2, 0) is 43.3 Å². The third-order valence-electron chi connectivity index (χ3n) is 12.9. The first-order valence-corrected chi connectivity index (χ1v) is 21.1. The number of amides is 2. The first-order valence-electron chi connectivity index (χ1n) is 21.1. The summed E-state index contributed by atoms with van der Waals surface area (Å²) in [5.74, 6) is -0.189. The van der Waals surface area contributed by atoms with Gasteiger partial charge in [-0.3, -0.25) is 9.59 Å². The zero-order valence-electron chi connectivity index (χ0n) is 39.1. The molecule has 2 fully saturated rings. The number of anilines is 1. The molecule has 2 amide bonds. The summed E-state index contributed by atoms with van der Waals surface area (Å²) in [6.45, 7) is 37.3. The van der Waals surface area contributed by atoms with Gasteiger partial charge in [0.15, 0.2) is 0 Å². The Balaban J connectivity index is 0.00000900. The minimum absolute atomic E-state index is 0. The van der Waals surface area contributed by atoms with Gasteiger partial charge in [-0.2, -0.15) is 0 Å². The quantitative estimate of drug-likeness (QED) is 0.216. The molecule has 2 saturated carbocycles. The monoisotopic (exact) mass is 853 g/mol. The van der Waals surface area contributed by atoms with Gasteiger partial charge in [-0.1, -0.05) is 96.9 Å². The average molecular weight is 856 g/mol. The van der Waals surface area contributed by atoms with Gasteiger partial charge in [0, 0.05) is 36.3 Å². The van der Waals surface area contributed by atoms with Crippen molar-refractivity contribution in [3.63, 3.8) is 0 Å². The van der Waals surface area contributed by atoms with Crippen LogP contribution in [0.3, 0.4) is 0 Å². The molecule has 4 unspecified atom stereocenters. The summed E-state index contributed by atoms with van der Waals surface area (Å²) in [5.41, 5.74) is 1.90. The molecule has 0 aromatic carbocycles. The summed E-state index contributed by atoms with van der Waals surface area (Å²) in [6, 6.07) is 0. The zero-order chi connectivity index (χ0) is 43.3. The Labute approximate surface area is 362 Å². The van der Waals surface area contributed by atoms with Crippen LogP contribution in [0.25, 0.3) is 11.4 Å². The van der Waals surface area contributed by atoms with Crippen LogP contribution >= 0.6 is 0 Å². The number of nitrogens with one attached hydrogen (secondary N) is 2. The maximum absolute atomic E-state index is 14.4. The number of rotatable bonds is 6. The molecule has 2 aliphatic carbocycles. The maximum atomic E-state index is 14.4. The SMILES string of the molecule is CC(=O)N=C1[N-]/C(=C\c2[nH]c(NC(C)=O)c(C(=O)OC3C(C(C)(C)C)CC(C)CC3C(C)(C)C)c2C)C(C)=C1C(=O)OC1C(C(C)(C)C)CC(C)CC1C(C)(C)C.[Zn+2]. The van der Waals surface area contributed by atoms with E-state index >= 15 is 0 Å².